The van der Waals surface area contributed by atoms with Crippen molar-refractivity contribution in [3.05, 3.63) is 0 Å². The van der Waals surface area contributed by atoms with E-state index in [0.29, 0.717) is 0 Å². The molecule has 0 aromatic rings. The molecule has 0 spiro atoms. The van der Waals surface area contributed by atoms with Crippen molar-refractivity contribution in [2.45, 2.75) is 40.5 Å². The molecule has 0 heterocycles. The summed E-state index contributed by atoms with van der Waals surface area (Å²) in [6.45, 7) is 7.53. The molecule has 0 aliphatic rings. The molecule has 15 heavy (non-hydrogen) atoms. The summed E-state index contributed by atoms with van der Waals surface area (Å²) < 4.78 is 0. The van der Waals surface area contributed by atoms with Crippen LogP contribution in [0.15, 0.2) is 0 Å². The number of carboxylic acid groups (broad SMARTS) is 2. The van der Waals surface area contributed by atoms with E-state index in [0.717, 1.165) is 0 Å². The number of carboxylic acids is 2. The Kier molecular flexibility index (Phi) is 17.3. The molecule has 0 aliphatic carbocycles. The minimum absolute atomic E-state index is 0. The first-order valence-corrected chi connectivity index (χ1v) is 4.69. The maximum absolute atomic E-state index is 9.81. The zero-order valence-corrected chi connectivity index (χ0v) is 13.5. The van der Waals surface area contributed by atoms with E-state index in [9.17, 15) is 9.59 Å². The molecule has 0 fully saturated rings. The van der Waals surface area contributed by atoms with Gasteiger partial charge < -0.3 is 10.2 Å². The van der Waals surface area contributed by atoms with Gasteiger partial charge in [0.05, 0.1) is 0 Å². The van der Waals surface area contributed by atoms with Crippen LogP contribution in [0.25, 0.3) is 0 Å². The summed E-state index contributed by atoms with van der Waals surface area (Å²) in [6, 6.07) is 0. The van der Waals surface area contributed by atoms with Gasteiger partial charge in [-0.15, -0.1) is 0 Å². The Labute approximate surface area is 128 Å². The molecule has 2 N–H and O–H groups in total. The van der Waals surface area contributed by atoms with Crippen molar-refractivity contribution in [2.24, 2.45) is 11.8 Å². The number of hydrogen-bond acceptors (Lipinski definition) is 2. The average Bonchev–Trinajstić information content (AvgIpc) is 1.79. The standard InChI is InChI=1S/2C5H10O2.Sr/c2*1-4(2)3-5(6)7;/h2*4H,3H2,1-2H3,(H,6,7);/q;;+2. The fourth-order valence-corrected chi connectivity index (χ4v) is 0.698. The second-order valence-electron chi connectivity index (χ2n) is 3.98. The molecule has 0 saturated carbocycles. The van der Waals surface area contributed by atoms with Crippen LogP contribution in [0, 0.1) is 11.8 Å². The summed E-state index contributed by atoms with van der Waals surface area (Å²) in [6.07, 6.45) is 0.556. The van der Waals surface area contributed by atoms with Crippen molar-refractivity contribution in [1.82, 2.24) is 0 Å². The molecule has 0 rings (SSSR count). The van der Waals surface area contributed by atoms with Crippen LogP contribution in [0.4, 0.5) is 0 Å². The zero-order chi connectivity index (χ0) is 11.7. The minimum atomic E-state index is -0.713. The van der Waals surface area contributed by atoms with E-state index < -0.39 is 11.9 Å². The van der Waals surface area contributed by atoms with Crippen molar-refractivity contribution in [2.75, 3.05) is 0 Å². The SMILES string of the molecule is CC(C)CC(=O)O.CC(C)CC(=O)O.[Sr+2]. The quantitative estimate of drug-likeness (QED) is 0.775. The van der Waals surface area contributed by atoms with Crippen molar-refractivity contribution in [3.8, 4) is 0 Å². The van der Waals surface area contributed by atoms with E-state index in [2.05, 4.69) is 0 Å². The number of carbonyl (C=O) groups is 2. The van der Waals surface area contributed by atoms with Gasteiger partial charge in [-0.1, -0.05) is 27.7 Å². The minimum Gasteiger partial charge on any atom is -0.481 e. The molecular weight excluding hydrogens is 272 g/mol. The summed E-state index contributed by atoms with van der Waals surface area (Å²) in [5.74, 6) is -0.875. The Morgan fingerprint density at radius 1 is 0.867 bits per heavy atom. The Morgan fingerprint density at radius 3 is 1.07 bits per heavy atom. The van der Waals surface area contributed by atoms with E-state index in [1.54, 1.807) is 0 Å². The first-order chi connectivity index (χ1) is 6.25. The smallest absolute Gasteiger partial charge is 0.481 e. The summed E-state index contributed by atoms with van der Waals surface area (Å²) in [5.41, 5.74) is 0. The fraction of sp³-hybridized carbons (Fsp3) is 0.800. The first kappa shape index (κ1) is 20.8. The van der Waals surface area contributed by atoms with Gasteiger partial charge in [0, 0.05) is 12.8 Å². The summed E-state index contributed by atoms with van der Waals surface area (Å²) in [7, 11) is 0. The third-order valence-corrected chi connectivity index (χ3v) is 1.17. The Bertz CT molecular complexity index is 158. The Hall–Kier alpha value is 0.421. The number of rotatable bonds is 4. The van der Waals surface area contributed by atoms with Gasteiger partial charge in [0.15, 0.2) is 0 Å². The van der Waals surface area contributed by atoms with Crippen molar-refractivity contribution in [3.63, 3.8) is 0 Å². The fourth-order valence-electron chi connectivity index (χ4n) is 0.698. The molecule has 0 aliphatic heterocycles. The van der Waals surface area contributed by atoms with Crippen LogP contribution in [0.5, 0.6) is 0 Å². The molecule has 84 valence electrons. The molecule has 0 atom stereocenters. The first-order valence-electron chi connectivity index (χ1n) is 4.69. The normalized spacial score (nSPS) is 8.93. The van der Waals surface area contributed by atoms with Gasteiger partial charge >= 0.3 is 57.4 Å². The van der Waals surface area contributed by atoms with E-state index in [4.69, 9.17) is 10.2 Å². The van der Waals surface area contributed by atoms with Crippen LogP contribution < -0.4 is 0 Å². The van der Waals surface area contributed by atoms with E-state index in [-0.39, 0.29) is 70.2 Å². The molecule has 0 aromatic carbocycles. The molecule has 5 heteroatoms. The van der Waals surface area contributed by atoms with Crippen LogP contribution in [0.1, 0.15) is 40.5 Å². The monoisotopic (exact) mass is 292 g/mol. The average molecular weight is 292 g/mol. The second kappa shape index (κ2) is 12.5. The number of hydrogen-bond donors (Lipinski definition) is 2. The van der Waals surface area contributed by atoms with Gasteiger partial charge in [0.2, 0.25) is 0 Å². The van der Waals surface area contributed by atoms with Crippen LogP contribution in [0.3, 0.4) is 0 Å². The van der Waals surface area contributed by atoms with Crippen LogP contribution in [-0.2, 0) is 9.59 Å². The van der Waals surface area contributed by atoms with Gasteiger partial charge in [-0.3, -0.25) is 9.59 Å². The molecule has 0 radical (unpaired) electrons. The Balaban J connectivity index is -0.000000180. The molecule has 4 nitrogen and oxygen atoms in total. The third kappa shape index (κ3) is 31.4. The summed E-state index contributed by atoms with van der Waals surface area (Å²) in [4.78, 5) is 19.6. The van der Waals surface area contributed by atoms with Gasteiger partial charge in [-0.2, -0.15) is 0 Å². The van der Waals surface area contributed by atoms with Gasteiger partial charge in [0.1, 0.15) is 0 Å². The van der Waals surface area contributed by atoms with Gasteiger partial charge in [-0.25, -0.2) is 0 Å². The molecule has 0 amide bonds. The maximum Gasteiger partial charge on any atom is 2.00 e. The predicted octanol–water partition coefficient (Wildman–Crippen LogP) is 1.85. The van der Waals surface area contributed by atoms with Crippen molar-refractivity contribution < 1.29 is 19.8 Å². The molecular formula is C10H20O4Sr+2. The van der Waals surface area contributed by atoms with E-state index >= 15 is 0 Å². The van der Waals surface area contributed by atoms with Crippen LogP contribution in [0.2, 0.25) is 0 Å². The van der Waals surface area contributed by atoms with Gasteiger partial charge in [-0.05, 0) is 11.8 Å². The summed E-state index contributed by atoms with van der Waals surface area (Å²) in [5, 5.41) is 16.2. The van der Waals surface area contributed by atoms with Crippen LogP contribution >= 0.6 is 0 Å². The largest absolute Gasteiger partial charge is 2.00 e. The maximum atomic E-state index is 9.81. The Morgan fingerprint density at radius 2 is 1.07 bits per heavy atom. The predicted molar refractivity (Wildman–Crippen MR) is 59.9 cm³/mol. The third-order valence-electron chi connectivity index (χ3n) is 1.17. The number of aliphatic carboxylic acids is 2. The van der Waals surface area contributed by atoms with Crippen molar-refractivity contribution in [1.29, 1.82) is 0 Å². The van der Waals surface area contributed by atoms with Gasteiger partial charge in [0.25, 0.3) is 0 Å². The second-order valence-corrected chi connectivity index (χ2v) is 3.98. The zero-order valence-electron chi connectivity index (χ0n) is 9.99. The van der Waals surface area contributed by atoms with Crippen LogP contribution in [-0.4, -0.2) is 67.6 Å². The summed E-state index contributed by atoms with van der Waals surface area (Å²) >= 11 is 0. The molecule has 0 saturated heterocycles. The molecule has 0 aromatic heterocycles. The molecule has 0 bridgehead atoms. The van der Waals surface area contributed by atoms with E-state index in [1.165, 1.54) is 0 Å². The molecule has 0 unspecified atom stereocenters. The van der Waals surface area contributed by atoms with E-state index in [1.807, 2.05) is 27.7 Å². The topological polar surface area (TPSA) is 74.6 Å². The van der Waals surface area contributed by atoms with Crippen molar-refractivity contribution >= 4 is 57.4 Å².